The van der Waals surface area contributed by atoms with Crippen molar-refractivity contribution in [2.75, 3.05) is 18.5 Å². The first-order valence-electron chi connectivity index (χ1n) is 5.22. The molecular weight excluding hydrogens is 232 g/mol. The van der Waals surface area contributed by atoms with Crippen LogP contribution in [-0.2, 0) is 4.74 Å². The Morgan fingerprint density at radius 1 is 1.41 bits per heavy atom. The summed E-state index contributed by atoms with van der Waals surface area (Å²) in [5.41, 5.74) is 0.609. The fraction of sp³-hybridized carbons (Fsp3) is 0.455. The van der Waals surface area contributed by atoms with E-state index in [9.17, 15) is 13.9 Å². The minimum absolute atomic E-state index is 0.0819. The molecule has 1 heterocycles. The third kappa shape index (κ3) is 3.28. The van der Waals surface area contributed by atoms with E-state index in [1.807, 2.05) is 0 Å². The van der Waals surface area contributed by atoms with Gasteiger partial charge in [0.1, 0.15) is 5.75 Å². The first kappa shape index (κ1) is 12.1. The average molecular weight is 245 g/mol. The molecule has 94 valence electrons. The van der Waals surface area contributed by atoms with Crippen LogP contribution in [0.15, 0.2) is 24.3 Å². The summed E-state index contributed by atoms with van der Waals surface area (Å²) in [5.74, 6) is 0.0819. The van der Waals surface area contributed by atoms with E-state index in [0.717, 1.165) is 0 Å². The Morgan fingerprint density at radius 3 is 2.88 bits per heavy atom. The molecule has 2 rings (SSSR count). The molecule has 1 saturated heterocycles. The maximum atomic E-state index is 12.0. The Kier molecular flexibility index (Phi) is 3.75. The van der Waals surface area contributed by atoms with Gasteiger partial charge in [-0.05, 0) is 12.1 Å². The molecule has 0 aliphatic carbocycles. The van der Waals surface area contributed by atoms with Crippen LogP contribution in [0.3, 0.4) is 0 Å². The summed E-state index contributed by atoms with van der Waals surface area (Å²) < 4.78 is 33.4. The van der Waals surface area contributed by atoms with Crippen molar-refractivity contribution in [2.45, 2.75) is 18.8 Å². The van der Waals surface area contributed by atoms with Gasteiger partial charge in [-0.15, -0.1) is 0 Å². The largest absolute Gasteiger partial charge is 0.435 e. The maximum Gasteiger partial charge on any atom is 0.387 e. The van der Waals surface area contributed by atoms with E-state index in [-0.39, 0.29) is 18.4 Å². The summed E-state index contributed by atoms with van der Waals surface area (Å²) in [6.07, 6.45) is -0.588. The zero-order chi connectivity index (χ0) is 12.3. The van der Waals surface area contributed by atoms with Crippen LogP contribution in [0.2, 0.25) is 0 Å². The molecule has 17 heavy (non-hydrogen) atoms. The minimum Gasteiger partial charge on any atom is -0.435 e. The van der Waals surface area contributed by atoms with E-state index < -0.39 is 12.7 Å². The molecule has 4 nitrogen and oxygen atoms in total. The normalized spacial score (nSPS) is 24.0. The SMILES string of the molecule is O[C@H]1COC[C@@H]1Nc1cccc(OC(F)F)c1. The van der Waals surface area contributed by atoms with E-state index in [1.54, 1.807) is 12.1 Å². The highest BCUT2D eigenvalue weighted by molar-refractivity contribution is 5.49. The van der Waals surface area contributed by atoms with Gasteiger partial charge in [0.2, 0.25) is 0 Å². The number of benzene rings is 1. The van der Waals surface area contributed by atoms with Crippen LogP contribution in [0.5, 0.6) is 5.75 Å². The molecule has 2 N–H and O–H groups in total. The Balaban J connectivity index is 2.00. The number of aliphatic hydroxyl groups excluding tert-OH is 1. The summed E-state index contributed by atoms with van der Waals surface area (Å²) in [5, 5.41) is 12.5. The van der Waals surface area contributed by atoms with Gasteiger partial charge in [-0.1, -0.05) is 6.07 Å². The van der Waals surface area contributed by atoms with Gasteiger partial charge in [-0.3, -0.25) is 0 Å². The molecule has 6 heteroatoms. The van der Waals surface area contributed by atoms with Crippen molar-refractivity contribution >= 4 is 5.69 Å². The summed E-state index contributed by atoms with van der Waals surface area (Å²) in [7, 11) is 0. The van der Waals surface area contributed by atoms with Crippen LogP contribution >= 0.6 is 0 Å². The predicted octanol–water partition coefficient (Wildman–Crippen LogP) is 1.46. The van der Waals surface area contributed by atoms with Crippen LogP contribution in [0, 0.1) is 0 Å². The Bertz CT molecular complexity index is 375. The highest BCUT2D eigenvalue weighted by Gasteiger charge is 2.25. The number of hydrogen-bond donors (Lipinski definition) is 2. The summed E-state index contributed by atoms with van der Waals surface area (Å²) >= 11 is 0. The number of rotatable bonds is 4. The number of hydrogen-bond acceptors (Lipinski definition) is 4. The van der Waals surface area contributed by atoms with Crippen molar-refractivity contribution < 1.29 is 23.4 Å². The number of alkyl halides is 2. The molecule has 1 aliphatic rings. The van der Waals surface area contributed by atoms with Gasteiger partial charge < -0.3 is 19.9 Å². The Hall–Kier alpha value is -1.40. The molecular formula is C11H13F2NO3. The molecule has 1 aromatic rings. The zero-order valence-corrected chi connectivity index (χ0v) is 8.98. The molecule has 0 saturated carbocycles. The second kappa shape index (κ2) is 5.29. The molecule has 0 bridgehead atoms. The fourth-order valence-electron chi connectivity index (χ4n) is 1.66. The minimum atomic E-state index is -2.84. The molecule has 0 spiro atoms. The number of anilines is 1. The molecule has 0 amide bonds. The monoisotopic (exact) mass is 245 g/mol. The number of ether oxygens (including phenoxy) is 2. The Labute approximate surface area is 97.2 Å². The van der Waals surface area contributed by atoms with Gasteiger partial charge in [-0.25, -0.2) is 0 Å². The van der Waals surface area contributed by atoms with Crippen LogP contribution < -0.4 is 10.1 Å². The van der Waals surface area contributed by atoms with Crippen molar-refractivity contribution in [3.63, 3.8) is 0 Å². The van der Waals surface area contributed by atoms with Crippen LogP contribution in [0.25, 0.3) is 0 Å². The van der Waals surface area contributed by atoms with Gasteiger partial charge in [0.15, 0.2) is 0 Å². The van der Waals surface area contributed by atoms with E-state index in [4.69, 9.17) is 4.74 Å². The van der Waals surface area contributed by atoms with Crippen molar-refractivity contribution in [3.8, 4) is 5.75 Å². The zero-order valence-electron chi connectivity index (χ0n) is 8.98. The van der Waals surface area contributed by atoms with E-state index in [1.165, 1.54) is 12.1 Å². The number of aliphatic hydroxyl groups is 1. The third-order valence-corrected chi connectivity index (χ3v) is 2.46. The van der Waals surface area contributed by atoms with Gasteiger partial charge in [0.25, 0.3) is 0 Å². The lowest BCUT2D eigenvalue weighted by Gasteiger charge is -2.16. The van der Waals surface area contributed by atoms with Crippen LogP contribution in [-0.4, -0.2) is 37.1 Å². The smallest absolute Gasteiger partial charge is 0.387 e. The standard InChI is InChI=1S/C11H13F2NO3/c12-11(13)17-8-3-1-2-7(4-8)14-9-5-16-6-10(9)15/h1-4,9-11,14-15H,5-6H2/t9-,10-/m0/s1. The van der Waals surface area contributed by atoms with Gasteiger partial charge >= 0.3 is 6.61 Å². The second-order valence-electron chi connectivity index (χ2n) is 3.76. The summed E-state index contributed by atoms with van der Waals surface area (Å²) in [6.45, 7) is -2.17. The summed E-state index contributed by atoms with van der Waals surface area (Å²) in [6, 6.07) is 5.98. The van der Waals surface area contributed by atoms with Crippen molar-refractivity contribution in [1.29, 1.82) is 0 Å². The molecule has 0 unspecified atom stereocenters. The molecule has 0 aromatic heterocycles. The lowest BCUT2D eigenvalue weighted by molar-refractivity contribution is -0.0498. The van der Waals surface area contributed by atoms with Gasteiger partial charge in [-0.2, -0.15) is 8.78 Å². The summed E-state index contributed by atoms with van der Waals surface area (Å²) in [4.78, 5) is 0. The van der Waals surface area contributed by atoms with Crippen molar-refractivity contribution in [1.82, 2.24) is 0 Å². The van der Waals surface area contributed by atoms with E-state index in [2.05, 4.69) is 10.1 Å². The molecule has 1 aliphatic heterocycles. The highest BCUT2D eigenvalue weighted by Crippen LogP contribution is 2.21. The fourth-order valence-corrected chi connectivity index (χ4v) is 1.66. The number of nitrogens with one attached hydrogen (secondary N) is 1. The van der Waals surface area contributed by atoms with Crippen LogP contribution in [0.1, 0.15) is 0 Å². The van der Waals surface area contributed by atoms with E-state index in [0.29, 0.717) is 12.3 Å². The van der Waals surface area contributed by atoms with E-state index >= 15 is 0 Å². The van der Waals surface area contributed by atoms with Crippen LogP contribution in [0.4, 0.5) is 14.5 Å². The lowest BCUT2D eigenvalue weighted by atomic mass is 10.2. The first-order valence-corrected chi connectivity index (χ1v) is 5.22. The van der Waals surface area contributed by atoms with Crippen molar-refractivity contribution in [3.05, 3.63) is 24.3 Å². The second-order valence-corrected chi connectivity index (χ2v) is 3.76. The van der Waals surface area contributed by atoms with Gasteiger partial charge in [0.05, 0.1) is 25.4 Å². The molecule has 1 aromatic carbocycles. The maximum absolute atomic E-state index is 12.0. The predicted molar refractivity (Wildman–Crippen MR) is 57.3 cm³/mol. The molecule has 0 radical (unpaired) electrons. The molecule has 1 fully saturated rings. The topological polar surface area (TPSA) is 50.7 Å². The lowest BCUT2D eigenvalue weighted by Crippen LogP contribution is -2.31. The first-order chi connectivity index (χ1) is 8.15. The average Bonchev–Trinajstić information content (AvgIpc) is 2.64. The third-order valence-electron chi connectivity index (χ3n) is 2.46. The van der Waals surface area contributed by atoms with Crippen molar-refractivity contribution in [2.24, 2.45) is 0 Å². The van der Waals surface area contributed by atoms with Gasteiger partial charge in [0, 0.05) is 11.8 Å². The Morgan fingerprint density at radius 2 is 2.24 bits per heavy atom. The number of halogens is 2. The highest BCUT2D eigenvalue weighted by atomic mass is 19.3. The molecule has 2 atom stereocenters. The quantitative estimate of drug-likeness (QED) is 0.843.